The van der Waals surface area contributed by atoms with Crippen molar-refractivity contribution in [2.75, 3.05) is 51.3 Å². The van der Waals surface area contributed by atoms with E-state index in [1.54, 1.807) is 7.11 Å². The minimum atomic E-state index is 0.182. The van der Waals surface area contributed by atoms with Gasteiger partial charge in [-0.25, -0.2) is 14.3 Å². The first-order chi connectivity index (χ1) is 15.6. The number of para-hydroxylation sites is 1. The number of fused-ring (bicyclic) bond motifs is 1. The van der Waals surface area contributed by atoms with Crippen molar-refractivity contribution in [2.24, 2.45) is 0 Å². The molecule has 1 saturated heterocycles. The van der Waals surface area contributed by atoms with E-state index in [0.717, 1.165) is 67.6 Å². The van der Waals surface area contributed by atoms with E-state index in [9.17, 15) is 0 Å². The molecule has 0 aliphatic carbocycles. The maximum atomic E-state index is 5.26. The molecular formula is C25H33N5OS. The number of anilines is 1. The number of nitrogens with zero attached hydrogens (tertiary/aromatic N) is 5. The lowest BCUT2D eigenvalue weighted by atomic mass is 10.2. The molecule has 0 spiro atoms. The Morgan fingerprint density at radius 2 is 1.66 bits per heavy atom. The molecule has 1 unspecified atom stereocenters. The van der Waals surface area contributed by atoms with E-state index in [0.29, 0.717) is 0 Å². The zero-order valence-electron chi connectivity index (χ0n) is 19.5. The van der Waals surface area contributed by atoms with Gasteiger partial charge in [0.1, 0.15) is 17.4 Å². The van der Waals surface area contributed by atoms with Crippen LogP contribution in [0.15, 0.2) is 53.4 Å². The van der Waals surface area contributed by atoms with Crippen LogP contribution in [0.5, 0.6) is 5.75 Å². The Morgan fingerprint density at radius 1 is 0.969 bits per heavy atom. The monoisotopic (exact) mass is 451 g/mol. The third kappa shape index (κ3) is 5.00. The lowest BCUT2D eigenvalue weighted by Gasteiger charge is -2.37. The second-order valence-electron chi connectivity index (χ2n) is 8.00. The minimum absolute atomic E-state index is 0.182. The van der Waals surface area contributed by atoms with Crippen molar-refractivity contribution < 1.29 is 4.74 Å². The summed E-state index contributed by atoms with van der Waals surface area (Å²) in [6.07, 6.45) is 0. The Balaban J connectivity index is 1.46. The van der Waals surface area contributed by atoms with Gasteiger partial charge in [0.05, 0.1) is 18.7 Å². The summed E-state index contributed by atoms with van der Waals surface area (Å²) < 4.78 is 7.70. The van der Waals surface area contributed by atoms with E-state index >= 15 is 0 Å². The number of ether oxygens (including phenoxy) is 1. The van der Waals surface area contributed by atoms with E-state index in [-0.39, 0.29) is 6.04 Å². The van der Waals surface area contributed by atoms with Crippen LogP contribution in [0.4, 0.5) is 5.82 Å². The number of rotatable bonds is 8. The molecule has 0 radical (unpaired) electrons. The fourth-order valence-corrected chi connectivity index (χ4v) is 5.06. The van der Waals surface area contributed by atoms with Crippen LogP contribution in [0.3, 0.4) is 0 Å². The Labute approximate surface area is 195 Å². The summed E-state index contributed by atoms with van der Waals surface area (Å²) in [4.78, 5) is 16.1. The van der Waals surface area contributed by atoms with Gasteiger partial charge >= 0.3 is 0 Å². The van der Waals surface area contributed by atoms with E-state index in [4.69, 9.17) is 14.7 Å². The summed E-state index contributed by atoms with van der Waals surface area (Å²) in [6, 6.07) is 16.8. The molecule has 1 aromatic heterocycles. The van der Waals surface area contributed by atoms with Gasteiger partial charge in [0.25, 0.3) is 0 Å². The van der Waals surface area contributed by atoms with Gasteiger partial charge in [-0.1, -0.05) is 12.1 Å². The predicted molar refractivity (Wildman–Crippen MR) is 134 cm³/mol. The molecule has 0 amide bonds. The number of aromatic nitrogens is 2. The van der Waals surface area contributed by atoms with Crippen LogP contribution in [-0.4, -0.2) is 65.6 Å². The normalized spacial score (nSPS) is 16.2. The fourth-order valence-electron chi connectivity index (χ4n) is 4.16. The lowest BCUT2D eigenvalue weighted by Crippen LogP contribution is -2.44. The highest BCUT2D eigenvalue weighted by Crippen LogP contribution is 2.30. The molecule has 0 N–H and O–H groups in total. The molecule has 1 atom stereocenters. The lowest BCUT2D eigenvalue weighted by molar-refractivity contribution is 0.146. The van der Waals surface area contributed by atoms with Crippen LogP contribution in [0.25, 0.3) is 10.9 Å². The summed E-state index contributed by atoms with van der Waals surface area (Å²) in [5.74, 6) is 2.87. The third-order valence-corrected chi connectivity index (χ3v) is 7.26. The second kappa shape index (κ2) is 10.5. The third-order valence-electron chi connectivity index (χ3n) is 6.15. The van der Waals surface area contributed by atoms with Crippen LogP contribution in [0.2, 0.25) is 0 Å². The summed E-state index contributed by atoms with van der Waals surface area (Å²) in [5, 5.41) is 1.13. The first-order valence-corrected chi connectivity index (χ1v) is 12.2. The Morgan fingerprint density at radius 3 is 2.31 bits per heavy atom. The Hall–Kier alpha value is -2.35. The summed E-state index contributed by atoms with van der Waals surface area (Å²) in [6.45, 7) is 12.5. The fraction of sp³-hybridized carbons (Fsp3) is 0.440. The molecule has 0 bridgehead atoms. The van der Waals surface area contributed by atoms with Gasteiger partial charge in [-0.15, -0.1) is 0 Å². The maximum Gasteiger partial charge on any atom is 0.148 e. The molecule has 1 aliphatic rings. The van der Waals surface area contributed by atoms with E-state index in [1.165, 1.54) is 4.90 Å². The average Bonchev–Trinajstić information content (AvgIpc) is 2.85. The average molecular weight is 452 g/mol. The minimum Gasteiger partial charge on any atom is -0.497 e. The number of piperazine rings is 1. The molecule has 32 heavy (non-hydrogen) atoms. The Kier molecular flexibility index (Phi) is 7.50. The molecule has 2 aromatic carbocycles. The zero-order chi connectivity index (χ0) is 22.5. The summed E-state index contributed by atoms with van der Waals surface area (Å²) in [5.41, 5.74) is 1.03. The molecule has 7 heteroatoms. The largest absolute Gasteiger partial charge is 0.497 e. The van der Waals surface area contributed by atoms with Crippen molar-refractivity contribution in [2.45, 2.75) is 31.7 Å². The van der Waals surface area contributed by atoms with E-state index < -0.39 is 0 Å². The van der Waals surface area contributed by atoms with Crippen molar-refractivity contribution in [3.8, 4) is 5.75 Å². The molecule has 6 nitrogen and oxygen atoms in total. The van der Waals surface area contributed by atoms with Gasteiger partial charge in [0.15, 0.2) is 0 Å². The van der Waals surface area contributed by atoms with Gasteiger partial charge in [-0.2, -0.15) is 0 Å². The van der Waals surface area contributed by atoms with Gasteiger partial charge in [0.2, 0.25) is 0 Å². The number of hydrogen-bond acceptors (Lipinski definition) is 7. The van der Waals surface area contributed by atoms with Crippen molar-refractivity contribution in [3.63, 3.8) is 0 Å². The van der Waals surface area contributed by atoms with E-state index in [2.05, 4.69) is 71.3 Å². The van der Waals surface area contributed by atoms with Crippen LogP contribution in [-0.2, 0) is 0 Å². The van der Waals surface area contributed by atoms with Crippen LogP contribution in [0.1, 0.15) is 32.6 Å². The van der Waals surface area contributed by atoms with Gasteiger partial charge < -0.3 is 9.64 Å². The predicted octanol–water partition coefficient (Wildman–Crippen LogP) is 4.87. The highest BCUT2D eigenvalue weighted by molar-refractivity contribution is 7.97. The van der Waals surface area contributed by atoms with Crippen molar-refractivity contribution in [1.82, 2.24) is 19.2 Å². The molecule has 3 aromatic rings. The molecular weight excluding hydrogens is 418 g/mol. The van der Waals surface area contributed by atoms with Gasteiger partial charge in [-0.3, -0.25) is 4.90 Å². The molecule has 2 heterocycles. The summed E-state index contributed by atoms with van der Waals surface area (Å²) in [7, 11) is 1.70. The van der Waals surface area contributed by atoms with Gasteiger partial charge in [0, 0.05) is 49.6 Å². The molecule has 1 aliphatic heterocycles. The van der Waals surface area contributed by atoms with Crippen LogP contribution >= 0.6 is 11.9 Å². The highest BCUT2D eigenvalue weighted by atomic mass is 32.2. The maximum absolute atomic E-state index is 5.26. The van der Waals surface area contributed by atoms with Crippen molar-refractivity contribution >= 4 is 28.7 Å². The molecule has 0 saturated carbocycles. The topological polar surface area (TPSA) is 44.7 Å². The number of methoxy groups -OCH3 is 1. The molecule has 170 valence electrons. The van der Waals surface area contributed by atoms with Crippen LogP contribution in [0, 0.1) is 0 Å². The number of hydrogen-bond donors (Lipinski definition) is 0. The first kappa shape index (κ1) is 22.8. The van der Waals surface area contributed by atoms with Crippen LogP contribution < -0.4 is 9.64 Å². The van der Waals surface area contributed by atoms with Gasteiger partial charge in [-0.05, 0) is 69.1 Å². The molecule has 4 rings (SSSR count). The standard InChI is InChI=1S/C25H33N5OS/c1-5-28(6-2)25-22-9-7-8-10-23(22)26-24(27-25)19(3)29-15-17-30(18-16-29)32-21-13-11-20(31-4)12-14-21/h7-14,19H,5-6,15-18H2,1-4H3. The van der Waals surface area contributed by atoms with E-state index in [1.807, 2.05) is 24.1 Å². The smallest absolute Gasteiger partial charge is 0.148 e. The second-order valence-corrected chi connectivity index (χ2v) is 9.17. The molecule has 1 fully saturated rings. The first-order valence-electron chi connectivity index (χ1n) is 11.5. The summed E-state index contributed by atoms with van der Waals surface area (Å²) >= 11 is 1.82. The SMILES string of the molecule is CCN(CC)c1nc(C(C)N2CCN(Sc3ccc(OC)cc3)CC2)nc2ccccc12. The number of benzene rings is 2. The Bertz CT molecular complexity index is 1020. The van der Waals surface area contributed by atoms with Crippen molar-refractivity contribution in [3.05, 3.63) is 54.4 Å². The highest BCUT2D eigenvalue weighted by Gasteiger charge is 2.25. The van der Waals surface area contributed by atoms with Crippen molar-refractivity contribution in [1.29, 1.82) is 0 Å². The zero-order valence-corrected chi connectivity index (χ0v) is 20.3. The quantitative estimate of drug-likeness (QED) is 0.453.